The van der Waals surface area contributed by atoms with Gasteiger partial charge >= 0.3 is 5.97 Å². The van der Waals surface area contributed by atoms with Crippen molar-refractivity contribution in [1.82, 2.24) is 4.90 Å². The van der Waals surface area contributed by atoms with Crippen molar-refractivity contribution in [3.63, 3.8) is 0 Å². The number of carboxylic acids is 1. The molecule has 1 aromatic carbocycles. The number of rotatable bonds is 6. The standard InChI is InChI=1S/C12H13ClN2O5/c1-2-14(6-5-11(16)17)12(18)8-3-4-10(15(19)20)9(13)7-8/h3-4,7H,2,5-6H2,1H3,(H,16,17). The average molecular weight is 301 g/mol. The largest absolute Gasteiger partial charge is 0.481 e. The molecule has 0 unspecified atom stereocenters. The molecule has 0 atom stereocenters. The van der Waals surface area contributed by atoms with Gasteiger partial charge in [0.25, 0.3) is 11.6 Å². The van der Waals surface area contributed by atoms with Crippen molar-refractivity contribution in [2.45, 2.75) is 13.3 Å². The summed E-state index contributed by atoms with van der Waals surface area (Å²) in [5, 5.41) is 19.1. The van der Waals surface area contributed by atoms with E-state index in [1.165, 1.54) is 17.0 Å². The van der Waals surface area contributed by atoms with Crippen LogP contribution in [0.1, 0.15) is 23.7 Å². The van der Waals surface area contributed by atoms with E-state index in [9.17, 15) is 19.7 Å². The van der Waals surface area contributed by atoms with Gasteiger partial charge in [-0.1, -0.05) is 11.6 Å². The number of aliphatic carboxylic acids is 1. The average Bonchev–Trinajstić information content (AvgIpc) is 2.38. The van der Waals surface area contributed by atoms with Crippen molar-refractivity contribution in [1.29, 1.82) is 0 Å². The van der Waals surface area contributed by atoms with Crippen LogP contribution in [-0.2, 0) is 4.79 Å². The molecule has 0 aliphatic heterocycles. The molecule has 20 heavy (non-hydrogen) atoms. The van der Waals surface area contributed by atoms with Crippen LogP contribution in [0.2, 0.25) is 5.02 Å². The van der Waals surface area contributed by atoms with Gasteiger partial charge in [-0.25, -0.2) is 0 Å². The molecule has 0 aliphatic carbocycles. The second-order valence-electron chi connectivity index (χ2n) is 3.95. The number of carbonyl (C=O) groups is 2. The van der Waals surface area contributed by atoms with Gasteiger partial charge in [-0.15, -0.1) is 0 Å². The lowest BCUT2D eigenvalue weighted by Crippen LogP contribution is -2.32. The molecule has 0 radical (unpaired) electrons. The highest BCUT2D eigenvalue weighted by molar-refractivity contribution is 6.33. The Labute approximate surface area is 119 Å². The highest BCUT2D eigenvalue weighted by Gasteiger charge is 2.19. The van der Waals surface area contributed by atoms with Gasteiger partial charge in [-0.05, 0) is 19.1 Å². The molecule has 7 nitrogen and oxygen atoms in total. The molecule has 0 heterocycles. The summed E-state index contributed by atoms with van der Waals surface area (Å²) in [6.45, 7) is 2.12. The fourth-order valence-electron chi connectivity index (χ4n) is 1.60. The van der Waals surface area contributed by atoms with Crippen molar-refractivity contribution in [2.75, 3.05) is 13.1 Å². The number of hydrogen-bond donors (Lipinski definition) is 1. The van der Waals surface area contributed by atoms with Gasteiger partial charge < -0.3 is 10.0 Å². The molecule has 0 saturated carbocycles. The van der Waals surface area contributed by atoms with Crippen LogP contribution in [0.3, 0.4) is 0 Å². The van der Waals surface area contributed by atoms with E-state index in [0.29, 0.717) is 6.54 Å². The number of nitro groups is 1. The number of benzene rings is 1. The van der Waals surface area contributed by atoms with Crippen LogP contribution in [-0.4, -0.2) is 39.9 Å². The molecular weight excluding hydrogens is 288 g/mol. The smallest absolute Gasteiger partial charge is 0.305 e. The molecule has 0 saturated heterocycles. The SMILES string of the molecule is CCN(CCC(=O)O)C(=O)c1ccc([N+](=O)[O-])c(Cl)c1. The van der Waals surface area contributed by atoms with E-state index in [0.717, 1.165) is 6.07 Å². The normalized spacial score (nSPS) is 10.1. The van der Waals surface area contributed by atoms with E-state index in [1.54, 1.807) is 6.92 Å². The Balaban J connectivity index is 2.92. The lowest BCUT2D eigenvalue weighted by atomic mass is 10.1. The maximum Gasteiger partial charge on any atom is 0.305 e. The summed E-state index contributed by atoms with van der Waals surface area (Å²) in [5.74, 6) is -1.41. The Hall–Kier alpha value is -2.15. The number of nitro benzene ring substituents is 1. The maximum absolute atomic E-state index is 12.1. The summed E-state index contributed by atoms with van der Waals surface area (Å²) in [6, 6.07) is 3.67. The maximum atomic E-state index is 12.1. The number of carboxylic acid groups (broad SMARTS) is 1. The molecule has 1 rings (SSSR count). The lowest BCUT2D eigenvalue weighted by molar-refractivity contribution is -0.384. The fourth-order valence-corrected chi connectivity index (χ4v) is 1.85. The van der Waals surface area contributed by atoms with E-state index in [4.69, 9.17) is 16.7 Å². The molecule has 0 fully saturated rings. The summed E-state index contributed by atoms with van der Waals surface area (Å²) in [6.07, 6.45) is -0.166. The third kappa shape index (κ3) is 3.92. The summed E-state index contributed by atoms with van der Waals surface area (Å²) in [7, 11) is 0. The number of carbonyl (C=O) groups excluding carboxylic acids is 1. The highest BCUT2D eigenvalue weighted by Crippen LogP contribution is 2.25. The van der Waals surface area contributed by atoms with E-state index in [-0.39, 0.29) is 29.2 Å². The Bertz CT molecular complexity index is 547. The fraction of sp³-hybridized carbons (Fsp3) is 0.333. The van der Waals surface area contributed by atoms with Crippen LogP contribution < -0.4 is 0 Å². The summed E-state index contributed by atoms with van der Waals surface area (Å²) in [5.41, 5.74) is -0.0929. The minimum absolute atomic E-state index is 0.0687. The summed E-state index contributed by atoms with van der Waals surface area (Å²) >= 11 is 5.74. The first kappa shape index (κ1) is 15.9. The first-order valence-corrected chi connectivity index (χ1v) is 6.19. The van der Waals surface area contributed by atoms with Gasteiger partial charge in [0.2, 0.25) is 0 Å². The molecule has 8 heteroatoms. The third-order valence-electron chi connectivity index (χ3n) is 2.66. The Morgan fingerprint density at radius 3 is 2.55 bits per heavy atom. The van der Waals surface area contributed by atoms with E-state index in [1.807, 2.05) is 0 Å². The highest BCUT2D eigenvalue weighted by atomic mass is 35.5. The molecule has 108 valence electrons. The minimum Gasteiger partial charge on any atom is -0.481 e. The van der Waals surface area contributed by atoms with Crippen LogP contribution in [0.25, 0.3) is 0 Å². The zero-order valence-electron chi connectivity index (χ0n) is 10.7. The van der Waals surface area contributed by atoms with E-state index in [2.05, 4.69) is 0 Å². The monoisotopic (exact) mass is 300 g/mol. The number of nitrogens with zero attached hydrogens (tertiary/aromatic N) is 2. The second-order valence-corrected chi connectivity index (χ2v) is 4.36. The van der Waals surface area contributed by atoms with E-state index < -0.39 is 16.8 Å². The third-order valence-corrected chi connectivity index (χ3v) is 2.96. The topological polar surface area (TPSA) is 101 Å². The van der Waals surface area contributed by atoms with Crippen LogP contribution in [0.5, 0.6) is 0 Å². The Morgan fingerprint density at radius 2 is 2.10 bits per heavy atom. The number of amides is 1. The Kier molecular flexibility index (Phi) is 5.45. The predicted octanol–water partition coefficient (Wildman–Crippen LogP) is 2.18. The molecule has 1 aromatic rings. The molecule has 0 bridgehead atoms. The second kappa shape index (κ2) is 6.85. The summed E-state index contributed by atoms with van der Waals surface area (Å²) < 4.78 is 0. The van der Waals surface area contributed by atoms with Crippen LogP contribution >= 0.6 is 11.6 Å². The number of halogens is 1. The van der Waals surface area contributed by atoms with Crippen LogP contribution in [0.4, 0.5) is 5.69 Å². The molecule has 1 amide bonds. The molecule has 1 N–H and O–H groups in total. The van der Waals surface area contributed by atoms with Crippen molar-refractivity contribution < 1.29 is 19.6 Å². The van der Waals surface area contributed by atoms with Gasteiger partial charge in [0.1, 0.15) is 5.02 Å². The first-order chi connectivity index (χ1) is 9.36. The van der Waals surface area contributed by atoms with E-state index >= 15 is 0 Å². The van der Waals surface area contributed by atoms with Gasteiger partial charge in [0.15, 0.2) is 0 Å². The van der Waals surface area contributed by atoms with Gasteiger partial charge in [0, 0.05) is 24.7 Å². The molecule has 0 spiro atoms. The van der Waals surface area contributed by atoms with Gasteiger partial charge in [0.05, 0.1) is 11.3 Å². The van der Waals surface area contributed by atoms with Crippen molar-refractivity contribution in [3.05, 3.63) is 38.9 Å². The lowest BCUT2D eigenvalue weighted by Gasteiger charge is -2.20. The molecule has 0 aromatic heterocycles. The minimum atomic E-state index is -1.00. The van der Waals surface area contributed by atoms with Crippen molar-refractivity contribution >= 4 is 29.2 Å². The van der Waals surface area contributed by atoms with Crippen LogP contribution in [0.15, 0.2) is 18.2 Å². The zero-order valence-corrected chi connectivity index (χ0v) is 11.5. The summed E-state index contributed by atoms with van der Waals surface area (Å²) in [4.78, 5) is 34.0. The quantitative estimate of drug-likeness (QED) is 0.641. The van der Waals surface area contributed by atoms with Crippen molar-refractivity contribution in [3.8, 4) is 0 Å². The van der Waals surface area contributed by atoms with Crippen LogP contribution in [0, 0.1) is 10.1 Å². The zero-order chi connectivity index (χ0) is 15.3. The van der Waals surface area contributed by atoms with Gasteiger partial charge in [-0.3, -0.25) is 19.7 Å². The predicted molar refractivity (Wildman–Crippen MR) is 71.9 cm³/mol. The molecular formula is C12H13ClN2O5. The van der Waals surface area contributed by atoms with Crippen molar-refractivity contribution in [2.24, 2.45) is 0 Å². The number of hydrogen-bond acceptors (Lipinski definition) is 4. The Morgan fingerprint density at radius 1 is 1.45 bits per heavy atom. The first-order valence-electron chi connectivity index (χ1n) is 5.81. The van der Waals surface area contributed by atoms with Gasteiger partial charge in [-0.2, -0.15) is 0 Å². The molecule has 0 aliphatic rings.